The fraction of sp³-hybridized carbons (Fsp3) is 0.556. The summed E-state index contributed by atoms with van der Waals surface area (Å²) in [7, 11) is 3.14. The number of aromatic nitrogens is 1. The quantitative estimate of drug-likeness (QED) is 0.628. The van der Waals surface area contributed by atoms with E-state index < -0.39 is 5.54 Å². The van der Waals surface area contributed by atoms with Gasteiger partial charge in [-0.2, -0.15) is 0 Å². The molecule has 0 aromatic carbocycles. The van der Waals surface area contributed by atoms with Crippen LogP contribution in [-0.2, 0) is 9.53 Å². The molecular weight excluding hydrogens is 232 g/mol. The lowest BCUT2D eigenvalue weighted by Gasteiger charge is -2.24. The lowest BCUT2D eigenvalue weighted by Crippen LogP contribution is -2.50. The molecule has 1 rings (SSSR count). The molecule has 4 nitrogen and oxygen atoms in total. The van der Waals surface area contributed by atoms with Gasteiger partial charge < -0.3 is 10.1 Å². The second kappa shape index (κ2) is 5.48. The van der Waals surface area contributed by atoms with Gasteiger partial charge in [-0.3, -0.25) is 4.79 Å². The molecule has 1 atom stereocenters. The minimum atomic E-state index is -0.662. The van der Waals surface area contributed by atoms with E-state index in [1.54, 1.807) is 36.3 Å². The summed E-state index contributed by atoms with van der Waals surface area (Å²) in [5.74, 6) is 0.345. The van der Waals surface area contributed by atoms with Crippen molar-refractivity contribution in [2.75, 3.05) is 19.9 Å². The number of likely N-dealkylation sites (N-methyl/N-ethyl adjacent to an activating group) is 1. The molecule has 0 aliphatic rings. The van der Waals surface area contributed by atoms with E-state index in [4.69, 9.17) is 4.74 Å². The summed E-state index contributed by atoms with van der Waals surface area (Å²) in [6.07, 6.45) is 1.75. The SMILES string of the molecule is CNC(C)(CSc1nccs1)C(=O)OC. The monoisotopic (exact) mass is 246 g/mol. The molecule has 0 saturated carbocycles. The lowest BCUT2D eigenvalue weighted by atomic mass is 10.1. The van der Waals surface area contributed by atoms with Crippen LogP contribution < -0.4 is 5.32 Å². The van der Waals surface area contributed by atoms with Crippen molar-refractivity contribution in [2.45, 2.75) is 16.8 Å². The van der Waals surface area contributed by atoms with E-state index >= 15 is 0 Å². The zero-order chi connectivity index (χ0) is 11.3. The average molecular weight is 246 g/mol. The van der Waals surface area contributed by atoms with Gasteiger partial charge in [-0.1, -0.05) is 11.8 Å². The molecule has 0 aliphatic carbocycles. The van der Waals surface area contributed by atoms with Gasteiger partial charge in [-0.05, 0) is 14.0 Å². The molecule has 0 bridgehead atoms. The molecule has 6 heteroatoms. The molecule has 1 aromatic rings. The highest BCUT2D eigenvalue weighted by molar-refractivity contribution is 8.01. The van der Waals surface area contributed by atoms with Gasteiger partial charge in [-0.25, -0.2) is 4.98 Å². The molecule has 1 N–H and O–H groups in total. The maximum absolute atomic E-state index is 11.5. The van der Waals surface area contributed by atoms with E-state index in [1.807, 2.05) is 12.3 Å². The summed E-state index contributed by atoms with van der Waals surface area (Å²) in [5.41, 5.74) is -0.662. The zero-order valence-electron chi connectivity index (χ0n) is 8.94. The second-order valence-corrected chi connectivity index (χ2v) is 5.28. The fourth-order valence-corrected chi connectivity index (χ4v) is 2.73. The van der Waals surface area contributed by atoms with Gasteiger partial charge >= 0.3 is 5.97 Å². The van der Waals surface area contributed by atoms with Crippen molar-refractivity contribution < 1.29 is 9.53 Å². The minimum absolute atomic E-state index is 0.256. The Morgan fingerprint density at radius 1 is 1.80 bits per heavy atom. The number of thioether (sulfide) groups is 1. The number of carbonyl (C=O) groups is 1. The van der Waals surface area contributed by atoms with Crippen molar-refractivity contribution in [3.8, 4) is 0 Å². The molecule has 0 fully saturated rings. The van der Waals surface area contributed by atoms with Crippen molar-refractivity contribution in [3.05, 3.63) is 11.6 Å². The Morgan fingerprint density at radius 3 is 3.00 bits per heavy atom. The Balaban J connectivity index is 2.57. The van der Waals surface area contributed by atoms with Crippen molar-refractivity contribution in [3.63, 3.8) is 0 Å². The Bertz CT molecular complexity index is 316. The van der Waals surface area contributed by atoms with Gasteiger partial charge in [0.2, 0.25) is 0 Å². The number of methoxy groups -OCH3 is 1. The van der Waals surface area contributed by atoms with E-state index in [0.29, 0.717) is 5.75 Å². The average Bonchev–Trinajstić information content (AvgIpc) is 2.77. The van der Waals surface area contributed by atoms with Crippen LogP contribution in [0.2, 0.25) is 0 Å². The fourth-order valence-electron chi connectivity index (χ4n) is 0.946. The van der Waals surface area contributed by atoms with E-state index in [0.717, 1.165) is 4.34 Å². The zero-order valence-corrected chi connectivity index (χ0v) is 10.6. The molecule has 0 radical (unpaired) electrons. The standard InChI is InChI=1S/C9H14N2O2S2/c1-9(10-2,7(12)13-3)6-15-8-11-4-5-14-8/h4-5,10H,6H2,1-3H3. The van der Waals surface area contributed by atoms with Crippen molar-refractivity contribution in [1.82, 2.24) is 10.3 Å². The van der Waals surface area contributed by atoms with Gasteiger partial charge in [0, 0.05) is 17.3 Å². The third-order valence-electron chi connectivity index (χ3n) is 2.08. The normalized spacial score (nSPS) is 14.6. The van der Waals surface area contributed by atoms with E-state index in [-0.39, 0.29) is 5.97 Å². The molecule has 0 saturated heterocycles. The third-order valence-corrected chi connectivity index (χ3v) is 4.36. The van der Waals surface area contributed by atoms with Crippen molar-refractivity contribution in [2.24, 2.45) is 0 Å². The Hall–Kier alpha value is -0.590. The molecule has 84 valence electrons. The first-order valence-corrected chi connectivity index (χ1v) is 6.28. The van der Waals surface area contributed by atoms with Crippen LogP contribution in [0, 0.1) is 0 Å². The van der Waals surface area contributed by atoms with E-state index in [2.05, 4.69) is 10.3 Å². The first-order chi connectivity index (χ1) is 7.12. The number of esters is 1. The number of ether oxygens (including phenoxy) is 1. The van der Waals surface area contributed by atoms with E-state index in [9.17, 15) is 4.79 Å². The van der Waals surface area contributed by atoms with Gasteiger partial charge in [0.05, 0.1) is 7.11 Å². The van der Waals surface area contributed by atoms with Crippen molar-refractivity contribution in [1.29, 1.82) is 0 Å². The molecule has 1 aromatic heterocycles. The largest absolute Gasteiger partial charge is 0.468 e. The lowest BCUT2D eigenvalue weighted by molar-refractivity contribution is -0.146. The van der Waals surface area contributed by atoms with Gasteiger partial charge in [0.1, 0.15) is 9.88 Å². The molecule has 15 heavy (non-hydrogen) atoms. The molecule has 1 heterocycles. The van der Waals surface area contributed by atoms with Crippen molar-refractivity contribution >= 4 is 29.1 Å². The van der Waals surface area contributed by atoms with Gasteiger partial charge in [-0.15, -0.1) is 11.3 Å². The minimum Gasteiger partial charge on any atom is -0.468 e. The summed E-state index contributed by atoms with van der Waals surface area (Å²) in [5, 5.41) is 4.89. The number of carbonyl (C=O) groups excluding carboxylic acids is 1. The molecule has 1 unspecified atom stereocenters. The second-order valence-electron chi connectivity index (χ2n) is 3.16. The summed E-state index contributed by atoms with van der Waals surface area (Å²) < 4.78 is 5.70. The topological polar surface area (TPSA) is 51.2 Å². The maximum Gasteiger partial charge on any atom is 0.326 e. The van der Waals surface area contributed by atoms with E-state index in [1.165, 1.54) is 7.11 Å². The van der Waals surface area contributed by atoms with Gasteiger partial charge in [0.15, 0.2) is 0 Å². The number of rotatable bonds is 5. The molecule has 0 aliphatic heterocycles. The summed E-state index contributed by atoms with van der Waals surface area (Å²) in [6.45, 7) is 1.82. The summed E-state index contributed by atoms with van der Waals surface area (Å²) in [4.78, 5) is 15.6. The Morgan fingerprint density at radius 2 is 2.53 bits per heavy atom. The number of thiazole rings is 1. The van der Waals surface area contributed by atoms with Crippen LogP contribution in [0.3, 0.4) is 0 Å². The number of hydrogen-bond donors (Lipinski definition) is 1. The first kappa shape index (κ1) is 12.5. The predicted octanol–water partition coefficient (Wildman–Crippen LogP) is 1.39. The summed E-state index contributed by atoms with van der Waals surface area (Å²) in [6, 6.07) is 0. The molecule has 0 spiro atoms. The Labute approximate surface area is 97.4 Å². The smallest absolute Gasteiger partial charge is 0.326 e. The highest BCUT2D eigenvalue weighted by Crippen LogP contribution is 2.24. The maximum atomic E-state index is 11.5. The number of nitrogens with one attached hydrogen (secondary N) is 1. The first-order valence-electron chi connectivity index (χ1n) is 4.42. The summed E-state index contributed by atoms with van der Waals surface area (Å²) >= 11 is 3.11. The van der Waals surface area contributed by atoms with Crippen LogP contribution in [0.4, 0.5) is 0 Å². The molecule has 0 amide bonds. The van der Waals surface area contributed by atoms with Gasteiger partial charge in [0.25, 0.3) is 0 Å². The number of hydrogen-bond acceptors (Lipinski definition) is 6. The molecular formula is C9H14N2O2S2. The van der Waals surface area contributed by atoms with Crippen LogP contribution in [0.15, 0.2) is 15.9 Å². The van der Waals surface area contributed by atoms with Crippen LogP contribution in [0.25, 0.3) is 0 Å². The van der Waals surface area contributed by atoms with Crippen LogP contribution in [0.5, 0.6) is 0 Å². The predicted molar refractivity (Wildman–Crippen MR) is 62.3 cm³/mol. The highest BCUT2D eigenvalue weighted by atomic mass is 32.2. The van der Waals surface area contributed by atoms with Crippen LogP contribution in [0.1, 0.15) is 6.92 Å². The van der Waals surface area contributed by atoms with Crippen LogP contribution in [-0.4, -0.2) is 36.4 Å². The third kappa shape index (κ3) is 3.19. The van der Waals surface area contributed by atoms with Crippen LogP contribution >= 0.6 is 23.1 Å². The highest BCUT2D eigenvalue weighted by Gasteiger charge is 2.32. The number of nitrogens with zero attached hydrogens (tertiary/aromatic N) is 1. The Kier molecular flexibility index (Phi) is 4.56.